The van der Waals surface area contributed by atoms with Crippen LogP contribution in [0.4, 0.5) is 5.82 Å². The fourth-order valence-corrected chi connectivity index (χ4v) is 3.86. The minimum Gasteiger partial charge on any atom is -0.493 e. The van der Waals surface area contributed by atoms with Gasteiger partial charge < -0.3 is 19.1 Å². The van der Waals surface area contributed by atoms with Gasteiger partial charge in [0.25, 0.3) is 0 Å². The molecule has 158 valence electrons. The number of hydrogen-bond acceptors (Lipinski definition) is 7. The van der Waals surface area contributed by atoms with E-state index in [1.807, 2.05) is 36.4 Å². The van der Waals surface area contributed by atoms with Crippen molar-refractivity contribution in [3.8, 4) is 11.5 Å². The fraction of sp³-hybridized carbons (Fsp3) is 0.292. The van der Waals surface area contributed by atoms with E-state index in [1.54, 1.807) is 13.4 Å². The second-order valence-electron chi connectivity index (χ2n) is 7.41. The second kappa shape index (κ2) is 8.73. The number of nitrogens with zero attached hydrogens (tertiary/aromatic N) is 4. The van der Waals surface area contributed by atoms with Gasteiger partial charge in [-0.05, 0) is 18.2 Å². The molecule has 4 aromatic rings. The van der Waals surface area contributed by atoms with Crippen molar-refractivity contribution in [2.45, 2.75) is 6.42 Å². The molecule has 1 fully saturated rings. The maximum absolute atomic E-state index is 6.13. The number of benzene rings is 2. The van der Waals surface area contributed by atoms with Crippen LogP contribution in [0.25, 0.3) is 21.8 Å². The second-order valence-corrected chi connectivity index (χ2v) is 7.41. The fourth-order valence-electron chi connectivity index (χ4n) is 3.86. The van der Waals surface area contributed by atoms with Crippen LogP contribution in [-0.4, -0.2) is 55.0 Å². The van der Waals surface area contributed by atoms with E-state index >= 15 is 0 Å². The van der Waals surface area contributed by atoms with Gasteiger partial charge in [0.2, 0.25) is 0 Å². The number of hydrogen-bond donors (Lipinski definition) is 0. The molecule has 1 aliphatic rings. The van der Waals surface area contributed by atoms with Gasteiger partial charge in [-0.3, -0.25) is 4.98 Å². The van der Waals surface area contributed by atoms with E-state index in [9.17, 15) is 0 Å². The third kappa shape index (κ3) is 4.09. The molecule has 0 atom stereocenters. The molecule has 3 heterocycles. The Labute approximate surface area is 180 Å². The highest BCUT2D eigenvalue weighted by molar-refractivity contribution is 5.92. The smallest absolute Gasteiger partial charge is 0.162 e. The maximum Gasteiger partial charge on any atom is 0.162 e. The summed E-state index contributed by atoms with van der Waals surface area (Å²) in [5.41, 5.74) is 2.82. The van der Waals surface area contributed by atoms with Crippen LogP contribution in [0, 0.1) is 0 Å². The number of anilines is 1. The predicted octanol–water partition coefficient (Wildman–Crippen LogP) is 3.64. The van der Waals surface area contributed by atoms with Crippen LogP contribution in [0.3, 0.4) is 0 Å². The lowest BCUT2D eigenvalue weighted by Gasteiger charge is -2.28. The molecule has 0 saturated carbocycles. The normalized spacial score (nSPS) is 14.2. The monoisotopic (exact) mass is 416 g/mol. The lowest BCUT2D eigenvalue weighted by molar-refractivity contribution is 0.122. The zero-order valence-corrected chi connectivity index (χ0v) is 17.5. The van der Waals surface area contributed by atoms with Crippen molar-refractivity contribution in [2.75, 3.05) is 44.9 Å². The maximum atomic E-state index is 6.13. The SMILES string of the molecule is COc1cc2ncnc(N3CCOCC3)c2cc1OCCc1ccc2ccccc2n1. The molecule has 7 nitrogen and oxygen atoms in total. The molecule has 2 aromatic carbocycles. The van der Waals surface area contributed by atoms with Gasteiger partial charge in [-0.25, -0.2) is 9.97 Å². The van der Waals surface area contributed by atoms with Crippen LogP contribution in [0.5, 0.6) is 11.5 Å². The van der Waals surface area contributed by atoms with Crippen molar-refractivity contribution in [1.82, 2.24) is 15.0 Å². The standard InChI is InChI=1S/C24H24N4O3/c1-29-22-15-21-19(24(26-16-25-21)28-9-12-30-13-10-28)14-23(22)31-11-8-18-7-6-17-4-2-3-5-20(17)27-18/h2-7,14-16H,8-13H2,1H3. The van der Waals surface area contributed by atoms with Gasteiger partial charge in [0, 0.05) is 42.0 Å². The summed E-state index contributed by atoms with van der Waals surface area (Å²) >= 11 is 0. The summed E-state index contributed by atoms with van der Waals surface area (Å²) < 4.78 is 17.2. The molecular formula is C24H24N4O3. The molecular weight excluding hydrogens is 392 g/mol. The third-order valence-electron chi connectivity index (χ3n) is 5.48. The van der Waals surface area contributed by atoms with Gasteiger partial charge in [0.05, 0.1) is 38.0 Å². The first-order valence-corrected chi connectivity index (χ1v) is 10.4. The number of methoxy groups -OCH3 is 1. The molecule has 0 bridgehead atoms. The largest absolute Gasteiger partial charge is 0.493 e. The van der Waals surface area contributed by atoms with Gasteiger partial charge >= 0.3 is 0 Å². The summed E-state index contributed by atoms with van der Waals surface area (Å²) in [6.07, 6.45) is 2.30. The molecule has 0 amide bonds. The number of aromatic nitrogens is 3. The van der Waals surface area contributed by atoms with Gasteiger partial charge in [0.1, 0.15) is 12.1 Å². The number of fused-ring (bicyclic) bond motifs is 2. The van der Waals surface area contributed by atoms with Gasteiger partial charge in [-0.15, -0.1) is 0 Å². The van der Waals surface area contributed by atoms with E-state index in [2.05, 4.69) is 27.0 Å². The number of morpholine rings is 1. The summed E-state index contributed by atoms with van der Waals surface area (Å²) in [6.45, 7) is 3.51. The summed E-state index contributed by atoms with van der Waals surface area (Å²) in [4.78, 5) is 15.9. The quantitative estimate of drug-likeness (QED) is 0.475. The minimum atomic E-state index is 0.494. The van der Waals surface area contributed by atoms with Crippen LogP contribution >= 0.6 is 0 Å². The summed E-state index contributed by atoms with van der Waals surface area (Å²) in [7, 11) is 1.64. The number of para-hydroxylation sites is 1. The van der Waals surface area contributed by atoms with Crippen molar-refractivity contribution < 1.29 is 14.2 Å². The number of rotatable bonds is 6. The lowest BCUT2D eigenvalue weighted by atomic mass is 10.2. The van der Waals surface area contributed by atoms with E-state index in [1.165, 1.54) is 0 Å². The molecule has 0 spiro atoms. The molecule has 2 aromatic heterocycles. The van der Waals surface area contributed by atoms with Crippen molar-refractivity contribution in [2.24, 2.45) is 0 Å². The molecule has 1 aliphatic heterocycles. The third-order valence-corrected chi connectivity index (χ3v) is 5.48. The van der Waals surface area contributed by atoms with Crippen molar-refractivity contribution in [1.29, 1.82) is 0 Å². The van der Waals surface area contributed by atoms with Gasteiger partial charge in [0.15, 0.2) is 11.5 Å². The number of ether oxygens (including phenoxy) is 3. The molecule has 0 aliphatic carbocycles. The van der Waals surface area contributed by atoms with Crippen molar-refractivity contribution in [3.63, 3.8) is 0 Å². The van der Waals surface area contributed by atoms with Crippen LogP contribution in [0.2, 0.25) is 0 Å². The van der Waals surface area contributed by atoms with Crippen molar-refractivity contribution in [3.05, 3.63) is 60.6 Å². The molecule has 0 unspecified atom stereocenters. The van der Waals surface area contributed by atoms with E-state index in [-0.39, 0.29) is 0 Å². The molecule has 0 radical (unpaired) electrons. The number of pyridine rings is 1. The Morgan fingerprint density at radius 1 is 0.968 bits per heavy atom. The average Bonchev–Trinajstić information content (AvgIpc) is 2.83. The highest BCUT2D eigenvalue weighted by Crippen LogP contribution is 2.35. The first-order valence-electron chi connectivity index (χ1n) is 10.4. The highest BCUT2D eigenvalue weighted by Gasteiger charge is 2.18. The lowest BCUT2D eigenvalue weighted by Crippen LogP contribution is -2.36. The zero-order chi connectivity index (χ0) is 21.0. The topological polar surface area (TPSA) is 69.6 Å². The van der Waals surface area contributed by atoms with Gasteiger partial charge in [-0.2, -0.15) is 0 Å². The average molecular weight is 416 g/mol. The van der Waals surface area contributed by atoms with E-state index in [0.29, 0.717) is 37.7 Å². The van der Waals surface area contributed by atoms with Crippen LogP contribution in [0.1, 0.15) is 5.69 Å². The minimum absolute atomic E-state index is 0.494. The Kier molecular flexibility index (Phi) is 5.50. The predicted molar refractivity (Wildman–Crippen MR) is 120 cm³/mol. The summed E-state index contributed by atoms with van der Waals surface area (Å²) in [6, 6.07) is 16.2. The van der Waals surface area contributed by atoms with Crippen LogP contribution < -0.4 is 14.4 Å². The molecule has 0 N–H and O–H groups in total. The molecule has 5 rings (SSSR count). The van der Waals surface area contributed by atoms with Crippen LogP contribution in [0.15, 0.2) is 54.9 Å². The summed E-state index contributed by atoms with van der Waals surface area (Å²) in [5.74, 6) is 2.24. The molecule has 1 saturated heterocycles. The van der Waals surface area contributed by atoms with E-state index in [4.69, 9.17) is 19.2 Å². The summed E-state index contributed by atoms with van der Waals surface area (Å²) in [5, 5.41) is 2.09. The Morgan fingerprint density at radius 2 is 1.84 bits per heavy atom. The Morgan fingerprint density at radius 3 is 2.71 bits per heavy atom. The zero-order valence-electron chi connectivity index (χ0n) is 17.5. The van der Waals surface area contributed by atoms with E-state index < -0.39 is 0 Å². The van der Waals surface area contributed by atoms with E-state index in [0.717, 1.165) is 46.4 Å². The Balaban J connectivity index is 1.38. The van der Waals surface area contributed by atoms with Crippen LogP contribution in [-0.2, 0) is 11.2 Å². The van der Waals surface area contributed by atoms with Gasteiger partial charge in [-0.1, -0.05) is 24.3 Å². The van der Waals surface area contributed by atoms with Crippen molar-refractivity contribution >= 4 is 27.6 Å². The first kappa shape index (κ1) is 19.5. The Bertz CT molecular complexity index is 1210. The first-order chi connectivity index (χ1) is 15.3. The molecule has 31 heavy (non-hydrogen) atoms. The Hall–Kier alpha value is -3.45. The highest BCUT2D eigenvalue weighted by atomic mass is 16.5. The molecule has 7 heteroatoms.